The molecule has 0 amide bonds. The van der Waals surface area contributed by atoms with Gasteiger partial charge in [0.1, 0.15) is 0 Å². The number of aliphatic carboxylic acids is 1. The standard InChI is InChI=1S/C13H16O2/c14-13(15)9-10-4-3-7-11-5-1-2-6-12(11)8-10/h1-2,5-6,10H,3-4,7-9H2,(H,14,15). The summed E-state index contributed by atoms with van der Waals surface area (Å²) >= 11 is 0. The molecule has 0 aliphatic heterocycles. The first-order valence-corrected chi connectivity index (χ1v) is 5.54. The van der Waals surface area contributed by atoms with Gasteiger partial charge in [-0.3, -0.25) is 4.79 Å². The Morgan fingerprint density at radius 1 is 1.33 bits per heavy atom. The number of hydrogen-bond donors (Lipinski definition) is 1. The normalized spacial score (nSPS) is 20.4. The predicted octanol–water partition coefficient (Wildman–Crippen LogP) is 2.66. The first kappa shape index (κ1) is 10.2. The summed E-state index contributed by atoms with van der Waals surface area (Å²) < 4.78 is 0. The molecular weight excluding hydrogens is 188 g/mol. The summed E-state index contributed by atoms with van der Waals surface area (Å²) in [6.45, 7) is 0. The van der Waals surface area contributed by atoms with E-state index in [4.69, 9.17) is 5.11 Å². The Kier molecular flexibility index (Phi) is 3.05. The van der Waals surface area contributed by atoms with Crippen LogP contribution in [0.5, 0.6) is 0 Å². The second-order valence-electron chi connectivity index (χ2n) is 4.33. The summed E-state index contributed by atoms with van der Waals surface area (Å²) in [5.74, 6) is -0.342. The van der Waals surface area contributed by atoms with E-state index in [1.165, 1.54) is 11.1 Å². The van der Waals surface area contributed by atoms with E-state index in [1.807, 2.05) is 6.07 Å². The average Bonchev–Trinajstić information content (AvgIpc) is 2.38. The van der Waals surface area contributed by atoms with E-state index in [9.17, 15) is 4.79 Å². The van der Waals surface area contributed by atoms with Crippen molar-refractivity contribution < 1.29 is 9.90 Å². The van der Waals surface area contributed by atoms with Gasteiger partial charge in [-0.25, -0.2) is 0 Å². The van der Waals surface area contributed by atoms with Crippen LogP contribution in [0.25, 0.3) is 0 Å². The minimum absolute atomic E-state index is 0.314. The van der Waals surface area contributed by atoms with Crippen molar-refractivity contribution in [1.29, 1.82) is 0 Å². The van der Waals surface area contributed by atoms with Gasteiger partial charge < -0.3 is 5.11 Å². The molecule has 0 bridgehead atoms. The number of carboxylic acids is 1. The quantitative estimate of drug-likeness (QED) is 0.752. The van der Waals surface area contributed by atoms with Crippen LogP contribution in [0, 0.1) is 5.92 Å². The van der Waals surface area contributed by atoms with Crippen LogP contribution < -0.4 is 0 Å². The number of benzene rings is 1. The third-order valence-corrected chi connectivity index (χ3v) is 3.15. The first-order chi connectivity index (χ1) is 7.25. The Balaban J connectivity index is 2.13. The van der Waals surface area contributed by atoms with E-state index in [0.29, 0.717) is 12.3 Å². The zero-order valence-corrected chi connectivity index (χ0v) is 8.78. The van der Waals surface area contributed by atoms with Crippen molar-refractivity contribution in [2.75, 3.05) is 0 Å². The lowest BCUT2D eigenvalue weighted by Crippen LogP contribution is -2.09. The molecule has 1 atom stereocenters. The van der Waals surface area contributed by atoms with Crippen LogP contribution in [0.3, 0.4) is 0 Å². The fourth-order valence-corrected chi connectivity index (χ4v) is 2.42. The van der Waals surface area contributed by atoms with Gasteiger partial charge in [-0.05, 0) is 42.7 Å². The van der Waals surface area contributed by atoms with Crippen molar-refractivity contribution in [3.05, 3.63) is 35.4 Å². The molecule has 0 radical (unpaired) electrons. The third kappa shape index (κ3) is 2.58. The molecule has 1 unspecified atom stereocenters. The highest BCUT2D eigenvalue weighted by Gasteiger charge is 2.18. The number of aryl methyl sites for hydroxylation is 1. The Morgan fingerprint density at radius 2 is 2.07 bits per heavy atom. The van der Waals surface area contributed by atoms with Gasteiger partial charge in [0.05, 0.1) is 0 Å². The zero-order valence-electron chi connectivity index (χ0n) is 8.78. The summed E-state index contributed by atoms with van der Waals surface area (Å²) in [6, 6.07) is 8.41. The van der Waals surface area contributed by atoms with Crippen LogP contribution in [0.15, 0.2) is 24.3 Å². The van der Waals surface area contributed by atoms with Gasteiger partial charge in [0, 0.05) is 6.42 Å². The lowest BCUT2D eigenvalue weighted by molar-refractivity contribution is -0.138. The molecule has 2 nitrogen and oxygen atoms in total. The molecule has 0 saturated carbocycles. The van der Waals surface area contributed by atoms with E-state index in [1.54, 1.807) is 0 Å². The SMILES string of the molecule is O=C(O)CC1CCCc2ccccc2C1. The summed E-state index contributed by atoms with van der Waals surface area (Å²) in [7, 11) is 0. The first-order valence-electron chi connectivity index (χ1n) is 5.54. The Labute approximate surface area is 89.9 Å². The molecule has 0 aromatic heterocycles. The molecule has 1 aromatic carbocycles. The number of hydrogen-bond acceptors (Lipinski definition) is 1. The van der Waals surface area contributed by atoms with Gasteiger partial charge >= 0.3 is 5.97 Å². The Bertz CT molecular complexity index is 357. The second-order valence-corrected chi connectivity index (χ2v) is 4.33. The molecule has 0 fully saturated rings. The molecule has 1 aliphatic carbocycles. The van der Waals surface area contributed by atoms with Gasteiger partial charge in [0.2, 0.25) is 0 Å². The number of rotatable bonds is 2. The lowest BCUT2D eigenvalue weighted by Gasteiger charge is -2.11. The second kappa shape index (κ2) is 4.47. The van der Waals surface area contributed by atoms with E-state index in [0.717, 1.165) is 25.7 Å². The van der Waals surface area contributed by atoms with E-state index in [-0.39, 0.29) is 0 Å². The highest BCUT2D eigenvalue weighted by atomic mass is 16.4. The van der Waals surface area contributed by atoms with Gasteiger partial charge in [-0.1, -0.05) is 24.3 Å². The molecule has 0 spiro atoms. The van der Waals surface area contributed by atoms with Gasteiger partial charge in [-0.2, -0.15) is 0 Å². The van der Waals surface area contributed by atoms with Crippen LogP contribution in [0.4, 0.5) is 0 Å². The van der Waals surface area contributed by atoms with E-state index >= 15 is 0 Å². The number of fused-ring (bicyclic) bond motifs is 1. The highest BCUT2D eigenvalue weighted by Crippen LogP contribution is 2.26. The predicted molar refractivity (Wildman–Crippen MR) is 58.8 cm³/mol. The van der Waals surface area contributed by atoms with Crippen molar-refractivity contribution in [3.8, 4) is 0 Å². The molecule has 1 aliphatic rings. The van der Waals surface area contributed by atoms with Crippen molar-refractivity contribution in [2.45, 2.75) is 32.1 Å². The summed E-state index contributed by atoms with van der Waals surface area (Å²) in [6.07, 6.45) is 4.51. The minimum atomic E-state index is -0.667. The maximum Gasteiger partial charge on any atom is 0.303 e. The van der Waals surface area contributed by atoms with Crippen LogP contribution in [-0.4, -0.2) is 11.1 Å². The molecule has 2 heteroatoms. The molecule has 0 heterocycles. The van der Waals surface area contributed by atoms with Crippen molar-refractivity contribution in [1.82, 2.24) is 0 Å². The fraction of sp³-hybridized carbons (Fsp3) is 0.462. The fourth-order valence-electron chi connectivity index (χ4n) is 2.42. The molecule has 1 N–H and O–H groups in total. The largest absolute Gasteiger partial charge is 0.481 e. The molecule has 1 aromatic rings. The topological polar surface area (TPSA) is 37.3 Å². The number of carboxylic acid groups (broad SMARTS) is 1. The van der Waals surface area contributed by atoms with Crippen LogP contribution in [0.2, 0.25) is 0 Å². The third-order valence-electron chi connectivity index (χ3n) is 3.15. The summed E-state index contributed by atoms with van der Waals surface area (Å²) in [5.41, 5.74) is 2.76. The molecule has 80 valence electrons. The van der Waals surface area contributed by atoms with Crippen molar-refractivity contribution in [3.63, 3.8) is 0 Å². The van der Waals surface area contributed by atoms with Crippen molar-refractivity contribution in [2.24, 2.45) is 5.92 Å². The average molecular weight is 204 g/mol. The van der Waals surface area contributed by atoms with E-state index in [2.05, 4.69) is 18.2 Å². The monoisotopic (exact) mass is 204 g/mol. The summed E-state index contributed by atoms with van der Waals surface area (Å²) in [4.78, 5) is 10.7. The molecule has 2 rings (SSSR count). The molecular formula is C13H16O2. The van der Waals surface area contributed by atoms with Crippen LogP contribution in [0.1, 0.15) is 30.4 Å². The van der Waals surface area contributed by atoms with E-state index < -0.39 is 5.97 Å². The Morgan fingerprint density at radius 3 is 2.80 bits per heavy atom. The highest BCUT2D eigenvalue weighted by molar-refractivity contribution is 5.67. The van der Waals surface area contributed by atoms with Crippen LogP contribution in [-0.2, 0) is 17.6 Å². The maximum atomic E-state index is 10.7. The maximum absolute atomic E-state index is 10.7. The van der Waals surface area contributed by atoms with Crippen LogP contribution >= 0.6 is 0 Å². The molecule has 15 heavy (non-hydrogen) atoms. The minimum Gasteiger partial charge on any atom is -0.481 e. The van der Waals surface area contributed by atoms with Gasteiger partial charge in [0.25, 0.3) is 0 Å². The lowest BCUT2D eigenvalue weighted by atomic mass is 9.94. The number of carbonyl (C=O) groups is 1. The Hall–Kier alpha value is -1.31. The van der Waals surface area contributed by atoms with Crippen molar-refractivity contribution >= 4 is 5.97 Å². The van der Waals surface area contributed by atoms with Gasteiger partial charge in [-0.15, -0.1) is 0 Å². The summed E-state index contributed by atoms with van der Waals surface area (Å²) in [5, 5.41) is 8.81. The smallest absolute Gasteiger partial charge is 0.303 e. The molecule has 0 saturated heterocycles. The van der Waals surface area contributed by atoms with Gasteiger partial charge in [0.15, 0.2) is 0 Å². The zero-order chi connectivity index (χ0) is 10.7.